The van der Waals surface area contributed by atoms with E-state index in [0.717, 1.165) is 31.8 Å². The van der Waals surface area contributed by atoms with Crippen LogP contribution >= 0.6 is 0 Å². The Balaban J connectivity index is 1.63. The van der Waals surface area contributed by atoms with Gasteiger partial charge >= 0.3 is 0 Å². The molecule has 0 atom stereocenters. The third kappa shape index (κ3) is 9.84. The number of carbonyl (C=O) groups is 1. The van der Waals surface area contributed by atoms with Gasteiger partial charge in [0.05, 0.1) is 0 Å². The SMILES string of the molecule is CCCCCCC(CCCCCC)CCN1CC2(CCN(C(=O)CCCCC)CC2)C1. The van der Waals surface area contributed by atoms with Crippen LogP contribution in [0.25, 0.3) is 0 Å². The fraction of sp³-hybridized carbons (Fsp3) is 0.964. The molecule has 2 aliphatic rings. The average Bonchev–Trinajstić information content (AvgIpc) is 2.76. The van der Waals surface area contributed by atoms with E-state index in [1.54, 1.807) is 0 Å². The molecule has 2 saturated heterocycles. The molecule has 0 aromatic heterocycles. The molecule has 0 bridgehead atoms. The van der Waals surface area contributed by atoms with E-state index >= 15 is 0 Å². The minimum absolute atomic E-state index is 0.411. The molecule has 0 aromatic rings. The normalized spacial score (nSPS) is 18.6. The van der Waals surface area contributed by atoms with Gasteiger partial charge in [-0.2, -0.15) is 0 Å². The molecule has 182 valence electrons. The molecule has 0 saturated carbocycles. The van der Waals surface area contributed by atoms with Crippen LogP contribution in [0.15, 0.2) is 0 Å². The molecular weight excluding hydrogens is 380 g/mol. The molecule has 0 unspecified atom stereocenters. The molecule has 1 amide bonds. The summed E-state index contributed by atoms with van der Waals surface area (Å²) < 4.78 is 0. The fourth-order valence-electron chi connectivity index (χ4n) is 5.81. The molecule has 3 heteroatoms. The monoisotopic (exact) mass is 434 g/mol. The maximum absolute atomic E-state index is 12.4. The lowest BCUT2D eigenvalue weighted by Crippen LogP contribution is -2.60. The molecule has 0 aromatic carbocycles. The van der Waals surface area contributed by atoms with E-state index in [1.807, 2.05) is 0 Å². The molecule has 2 heterocycles. The first kappa shape index (κ1) is 26.7. The van der Waals surface area contributed by atoms with Crippen LogP contribution < -0.4 is 0 Å². The van der Waals surface area contributed by atoms with Crippen molar-refractivity contribution in [1.82, 2.24) is 9.80 Å². The summed E-state index contributed by atoms with van der Waals surface area (Å²) >= 11 is 0. The van der Waals surface area contributed by atoms with Crippen LogP contribution in [0.5, 0.6) is 0 Å². The van der Waals surface area contributed by atoms with E-state index in [1.165, 1.54) is 116 Å². The van der Waals surface area contributed by atoms with E-state index in [0.29, 0.717) is 11.3 Å². The van der Waals surface area contributed by atoms with Crippen LogP contribution in [0.3, 0.4) is 0 Å². The van der Waals surface area contributed by atoms with Crippen LogP contribution in [-0.2, 0) is 4.79 Å². The van der Waals surface area contributed by atoms with Crippen molar-refractivity contribution in [2.24, 2.45) is 11.3 Å². The van der Waals surface area contributed by atoms with Gasteiger partial charge < -0.3 is 9.80 Å². The molecule has 2 rings (SSSR count). The lowest BCUT2D eigenvalue weighted by molar-refractivity contribution is -0.136. The van der Waals surface area contributed by atoms with Crippen molar-refractivity contribution in [3.05, 3.63) is 0 Å². The predicted octanol–water partition coefficient (Wildman–Crippen LogP) is 7.44. The Morgan fingerprint density at radius 2 is 1.29 bits per heavy atom. The number of piperidine rings is 1. The zero-order chi connectivity index (χ0) is 22.4. The van der Waals surface area contributed by atoms with Crippen LogP contribution in [0.2, 0.25) is 0 Å². The summed E-state index contributed by atoms with van der Waals surface area (Å²) in [6.45, 7) is 12.8. The van der Waals surface area contributed by atoms with Crippen molar-refractivity contribution in [3.8, 4) is 0 Å². The largest absolute Gasteiger partial charge is 0.343 e. The molecule has 31 heavy (non-hydrogen) atoms. The van der Waals surface area contributed by atoms with Crippen molar-refractivity contribution in [2.45, 2.75) is 130 Å². The maximum Gasteiger partial charge on any atom is 0.222 e. The van der Waals surface area contributed by atoms with Gasteiger partial charge in [-0.3, -0.25) is 4.79 Å². The quantitative estimate of drug-likeness (QED) is 0.222. The Morgan fingerprint density at radius 1 is 0.742 bits per heavy atom. The highest BCUT2D eigenvalue weighted by Gasteiger charge is 2.44. The minimum Gasteiger partial charge on any atom is -0.343 e. The van der Waals surface area contributed by atoms with Gasteiger partial charge in [0.2, 0.25) is 5.91 Å². The Hall–Kier alpha value is -0.570. The predicted molar refractivity (Wildman–Crippen MR) is 134 cm³/mol. The highest BCUT2D eigenvalue weighted by atomic mass is 16.2. The fourth-order valence-corrected chi connectivity index (χ4v) is 5.81. The zero-order valence-corrected chi connectivity index (χ0v) is 21.4. The van der Waals surface area contributed by atoms with Gasteiger partial charge in [0, 0.05) is 32.6 Å². The van der Waals surface area contributed by atoms with Gasteiger partial charge in [-0.15, -0.1) is 0 Å². The van der Waals surface area contributed by atoms with E-state index in [9.17, 15) is 4.79 Å². The van der Waals surface area contributed by atoms with Gasteiger partial charge in [-0.05, 0) is 43.6 Å². The molecule has 1 spiro atoms. The summed E-state index contributed by atoms with van der Waals surface area (Å²) in [5, 5.41) is 0. The molecule has 2 fully saturated rings. The van der Waals surface area contributed by atoms with Crippen molar-refractivity contribution >= 4 is 5.91 Å². The number of likely N-dealkylation sites (tertiary alicyclic amines) is 2. The molecule has 3 nitrogen and oxygen atoms in total. The van der Waals surface area contributed by atoms with E-state index in [2.05, 4.69) is 30.6 Å². The minimum atomic E-state index is 0.411. The third-order valence-electron chi connectivity index (χ3n) is 8.07. The summed E-state index contributed by atoms with van der Waals surface area (Å²) in [6.07, 6.45) is 22.3. The first-order valence-electron chi connectivity index (χ1n) is 14.1. The van der Waals surface area contributed by atoms with E-state index in [-0.39, 0.29) is 0 Å². The number of rotatable bonds is 17. The number of hydrogen-bond acceptors (Lipinski definition) is 2. The lowest BCUT2D eigenvalue weighted by atomic mass is 9.71. The van der Waals surface area contributed by atoms with Crippen molar-refractivity contribution in [2.75, 3.05) is 32.7 Å². The molecule has 0 radical (unpaired) electrons. The van der Waals surface area contributed by atoms with Gasteiger partial charge in [0.1, 0.15) is 0 Å². The van der Waals surface area contributed by atoms with Crippen LogP contribution in [-0.4, -0.2) is 48.4 Å². The van der Waals surface area contributed by atoms with Crippen molar-refractivity contribution in [1.29, 1.82) is 0 Å². The molecule has 2 aliphatic heterocycles. The number of carbonyl (C=O) groups excluding carboxylic acids is 1. The number of hydrogen-bond donors (Lipinski definition) is 0. The maximum atomic E-state index is 12.4. The van der Waals surface area contributed by atoms with E-state index in [4.69, 9.17) is 0 Å². The van der Waals surface area contributed by atoms with Crippen LogP contribution in [0.4, 0.5) is 0 Å². The summed E-state index contributed by atoms with van der Waals surface area (Å²) in [4.78, 5) is 17.3. The first-order valence-corrected chi connectivity index (χ1v) is 14.1. The smallest absolute Gasteiger partial charge is 0.222 e. The summed E-state index contributed by atoms with van der Waals surface area (Å²) in [7, 11) is 0. The summed E-state index contributed by atoms with van der Waals surface area (Å²) in [6, 6.07) is 0. The summed E-state index contributed by atoms with van der Waals surface area (Å²) in [5.74, 6) is 1.36. The zero-order valence-electron chi connectivity index (χ0n) is 21.4. The highest BCUT2D eigenvalue weighted by Crippen LogP contribution is 2.41. The first-order chi connectivity index (χ1) is 15.1. The molecule has 0 aliphatic carbocycles. The topological polar surface area (TPSA) is 23.6 Å². The second-order valence-corrected chi connectivity index (χ2v) is 10.9. The van der Waals surface area contributed by atoms with Gasteiger partial charge in [-0.1, -0.05) is 97.8 Å². The van der Waals surface area contributed by atoms with Gasteiger partial charge in [0.15, 0.2) is 0 Å². The second kappa shape index (κ2) is 15.3. The Morgan fingerprint density at radius 3 is 1.84 bits per heavy atom. The van der Waals surface area contributed by atoms with Crippen molar-refractivity contribution < 1.29 is 4.79 Å². The average molecular weight is 435 g/mol. The van der Waals surface area contributed by atoms with Crippen LogP contribution in [0.1, 0.15) is 130 Å². The number of unbranched alkanes of at least 4 members (excludes halogenated alkanes) is 8. The molecule has 0 N–H and O–H groups in total. The Labute approximate surface area is 194 Å². The van der Waals surface area contributed by atoms with Crippen molar-refractivity contribution in [3.63, 3.8) is 0 Å². The van der Waals surface area contributed by atoms with Gasteiger partial charge in [-0.25, -0.2) is 0 Å². The third-order valence-corrected chi connectivity index (χ3v) is 8.07. The van der Waals surface area contributed by atoms with Crippen LogP contribution in [0, 0.1) is 11.3 Å². The van der Waals surface area contributed by atoms with Gasteiger partial charge in [0.25, 0.3) is 0 Å². The highest BCUT2D eigenvalue weighted by molar-refractivity contribution is 5.76. The molecular formula is C28H54N2O. The summed E-state index contributed by atoms with van der Waals surface area (Å²) in [5.41, 5.74) is 0.540. The number of amides is 1. The number of nitrogens with zero attached hydrogens (tertiary/aromatic N) is 2. The Bertz CT molecular complexity index is 450. The Kier molecular flexibility index (Phi) is 13.2. The lowest BCUT2D eigenvalue weighted by Gasteiger charge is -2.54. The standard InChI is InChI=1S/C28H54N2O/c1-4-7-10-13-15-26(16-14-11-8-5-2)18-21-29-24-28(25-29)19-22-30(23-20-28)27(31)17-12-9-6-3/h26H,4-25H2,1-3H3. The second-order valence-electron chi connectivity index (χ2n) is 10.9. The van der Waals surface area contributed by atoms with E-state index < -0.39 is 0 Å².